The van der Waals surface area contributed by atoms with Gasteiger partial charge in [0.1, 0.15) is 18.1 Å². The molecule has 0 aliphatic carbocycles. The monoisotopic (exact) mass is 346 g/mol. The Bertz CT molecular complexity index is 574. The number of aromatic hydroxyl groups is 2. The first kappa shape index (κ1) is 22.5. The lowest BCUT2D eigenvalue weighted by Crippen LogP contribution is -2.04. The Labute approximate surface area is 151 Å². The third kappa shape index (κ3) is 10.1. The summed E-state index contributed by atoms with van der Waals surface area (Å²) >= 11 is 0. The number of hydrogen-bond acceptors (Lipinski definition) is 4. The molecule has 0 atom stereocenters. The van der Waals surface area contributed by atoms with Crippen molar-refractivity contribution < 1.29 is 19.7 Å². The molecule has 0 unspecified atom stereocenters. The number of phenols is 2. The molecule has 0 bridgehead atoms. The normalized spacial score (nSPS) is 9.12. The van der Waals surface area contributed by atoms with Crippen LogP contribution in [-0.4, -0.2) is 16.2 Å². The number of esters is 1. The lowest BCUT2D eigenvalue weighted by molar-refractivity contribution is -0.145. The second-order valence-electron chi connectivity index (χ2n) is 4.85. The molecule has 0 saturated heterocycles. The molecule has 25 heavy (non-hydrogen) atoms. The highest BCUT2D eigenvalue weighted by atomic mass is 16.5. The molecule has 0 spiro atoms. The third-order valence-corrected chi connectivity index (χ3v) is 3.12. The Balaban J connectivity index is 0.00000134. The standard InChI is InChI=1S/C17H18O4.2C2H6/c18-15-8-4-13(5-9-15)2-1-3-17(20)21-12-14-6-10-16(19)11-7-14;2*1-2/h4-11,18-19H,1-3,12H2;2*1-2H3. The zero-order valence-electron chi connectivity index (χ0n) is 15.7. The SMILES string of the molecule is CC.CC.O=C(CCCc1ccc(O)cc1)OCc1ccc(O)cc1. The fourth-order valence-corrected chi connectivity index (χ4v) is 1.93. The second-order valence-corrected chi connectivity index (χ2v) is 4.85. The van der Waals surface area contributed by atoms with E-state index in [1.807, 2.05) is 39.8 Å². The number of aryl methyl sites for hydroxylation is 1. The molecule has 2 aromatic rings. The molecule has 0 heterocycles. The topological polar surface area (TPSA) is 66.8 Å². The van der Waals surface area contributed by atoms with Gasteiger partial charge >= 0.3 is 5.97 Å². The predicted octanol–water partition coefficient (Wildman–Crippen LogP) is 5.22. The van der Waals surface area contributed by atoms with Crippen molar-refractivity contribution >= 4 is 5.97 Å². The van der Waals surface area contributed by atoms with Crippen molar-refractivity contribution in [3.05, 3.63) is 59.7 Å². The van der Waals surface area contributed by atoms with E-state index in [0.717, 1.165) is 17.5 Å². The van der Waals surface area contributed by atoms with Crippen LogP contribution in [0.25, 0.3) is 0 Å². The van der Waals surface area contributed by atoms with E-state index in [1.165, 1.54) is 0 Å². The van der Waals surface area contributed by atoms with E-state index in [2.05, 4.69) is 0 Å². The van der Waals surface area contributed by atoms with E-state index < -0.39 is 0 Å². The van der Waals surface area contributed by atoms with Crippen LogP contribution >= 0.6 is 0 Å². The van der Waals surface area contributed by atoms with Crippen LogP contribution in [0, 0.1) is 0 Å². The van der Waals surface area contributed by atoms with Gasteiger partial charge < -0.3 is 14.9 Å². The van der Waals surface area contributed by atoms with Crippen molar-refractivity contribution in [3.8, 4) is 11.5 Å². The van der Waals surface area contributed by atoms with Crippen LogP contribution in [0.4, 0.5) is 0 Å². The highest BCUT2D eigenvalue weighted by molar-refractivity contribution is 5.69. The molecule has 0 radical (unpaired) electrons. The Hall–Kier alpha value is -2.49. The summed E-state index contributed by atoms with van der Waals surface area (Å²) in [6.07, 6.45) is 1.84. The summed E-state index contributed by atoms with van der Waals surface area (Å²) in [5.74, 6) is 0.202. The average molecular weight is 346 g/mol. The number of phenolic OH excluding ortho intramolecular Hbond substituents is 2. The lowest BCUT2D eigenvalue weighted by Gasteiger charge is -2.05. The molecule has 0 aliphatic heterocycles. The fourth-order valence-electron chi connectivity index (χ4n) is 1.93. The largest absolute Gasteiger partial charge is 0.508 e. The molecule has 2 rings (SSSR count). The van der Waals surface area contributed by atoms with E-state index >= 15 is 0 Å². The van der Waals surface area contributed by atoms with Gasteiger partial charge in [-0.2, -0.15) is 0 Å². The first-order chi connectivity index (χ1) is 12.1. The van der Waals surface area contributed by atoms with Gasteiger partial charge in [-0.25, -0.2) is 0 Å². The molecular weight excluding hydrogens is 316 g/mol. The van der Waals surface area contributed by atoms with E-state index in [-0.39, 0.29) is 24.1 Å². The summed E-state index contributed by atoms with van der Waals surface area (Å²) < 4.78 is 5.16. The van der Waals surface area contributed by atoms with Crippen LogP contribution in [0.15, 0.2) is 48.5 Å². The average Bonchev–Trinajstić information content (AvgIpc) is 2.66. The van der Waals surface area contributed by atoms with Gasteiger partial charge in [0.05, 0.1) is 0 Å². The van der Waals surface area contributed by atoms with Crippen molar-refractivity contribution in [2.45, 2.75) is 53.6 Å². The van der Waals surface area contributed by atoms with E-state index in [4.69, 9.17) is 9.84 Å². The first-order valence-corrected chi connectivity index (χ1v) is 8.85. The van der Waals surface area contributed by atoms with Crippen molar-refractivity contribution in [1.82, 2.24) is 0 Å². The van der Waals surface area contributed by atoms with Crippen LogP contribution in [0.2, 0.25) is 0 Å². The van der Waals surface area contributed by atoms with Crippen LogP contribution in [0.3, 0.4) is 0 Å². The Morgan fingerprint density at radius 2 is 1.24 bits per heavy atom. The summed E-state index contributed by atoms with van der Waals surface area (Å²) in [5, 5.41) is 18.3. The molecule has 4 heteroatoms. The highest BCUT2D eigenvalue weighted by Crippen LogP contribution is 2.13. The van der Waals surface area contributed by atoms with E-state index in [1.54, 1.807) is 36.4 Å². The minimum Gasteiger partial charge on any atom is -0.508 e. The van der Waals surface area contributed by atoms with Gasteiger partial charge in [-0.3, -0.25) is 4.79 Å². The van der Waals surface area contributed by atoms with Gasteiger partial charge in [-0.1, -0.05) is 52.0 Å². The number of rotatable bonds is 6. The van der Waals surface area contributed by atoms with E-state index in [0.29, 0.717) is 12.8 Å². The summed E-state index contributed by atoms with van der Waals surface area (Å²) in [6, 6.07) is 13.5. The molecule has 2 N–H and O–H groups in total. The lowest BCUT2D eigenvalue weighted by atomic mass is 10.1. The van der Waals surface area contributed by atoms with Crippen LogP contribution in [-0.2, 0) is 22.6 Å². The van der Waals surface area contributed by atoms with Crippen molar-refractivity contribution in [3.63, 3.8) is 0 Å². The van der Waals surface area contributed by atoms with Gasteiger partial charge in [0.2, 0.25) is 0 Å². The molecule has 0 saturated carbocycles. The van der Waals surface area contributed by atoms with Crippen molar-refractivity contribution in [1.29, 1.82) is 0 Å². The molecule has 0 aromatic heterocycles. The van der Waals surface area contributed by atoms with Crippen LogP contribution in [0.1, 0.15) is 51.7 Å². The number of benzene rings is 2. The molecular formula is C21H30O4. The maximum Gasteiger partial charge on any atom is 0.306 e. The Morgan fingerprint density at radius 1 is 0.800 bits per heavy atom. The molecule has 2 aromatic carbocycles. The first-order valence-electron chi connectivity index (χ1n) is 8.85. The fraction of sp³-hybridized carbons (Fsp3) is 0.381. The third-order valence-electron chi connectivity index (χ3n) is 3.12. The summed E-state index contributed by atoms with van der Waals surface area (Å²) in [7, 11) is 0. The van der Waals surface area contributed by atoms with Gasteiger partial charge in [0.25, 0.3) is 0 Å². The van der Waals surface area contributed by atoms with Gasteiger partial charge in [0.15, 0.2) is 0 Å². The molecule has 138 valence electrons. The van der Waals surface area contributed by atoms with Gasteiger partial charge in [-0.05, 0) is 48.2 Å². The maximum atomic E-state index is 11.6. The minimum absolute atomic E-state index is 0.193. The number of carbonyl (C=O) groups is 1. The van der Waals surface area contributed by atoms with Gasteiger partial charge in [0, 0.05) is 6.42 Å². The smallest absolute Gasteiger partial charge is 0.306 e. The summed E-state index contributed by atoms with van der Waals surface area (Å²) in [4.78, 5) is 11.6. The number of hydrogen-bond donors (Lipinski definition) is 2. The van der Waals surface area contributed by atoms with E-state index in [9.17, 15) is 9.90 Å². The molecule has 4 nitrogen and oxygen atoms in total. The zero-order valence-corrected chi connectivity index (χ0v) is 15.7. The van der Waals surface area contributed by atoms with Crippen LogP contribution in [0.5, 0.6) is 11.5 Å². The number of carbonyl (C=O) groups excluding carboxylic acids is 1. The highest BCUT2D eigenvalue weighted by Gasteiger charge is 2.04. The second kappa shape index (κ2) is 13.9. The number of ether oxygens (including phenoxy) is 1. The van der Waals surface area contributed by atoms with Gasteiger partial charge in [-0.15, -0.1) is 0 Å². The minimum atomic E-state index is -0.234. The molecule has 0 aliphatic rings. The summed E-state index contributed by atoms with van der Waals surface area (Å²) in [6.45, 7) is 8.22. The van der Waals surface area contributed by atoms with Crippen molar-refractivity contribution in [2.75, 3.05) is 0 Å². The predicted molar refractivity (Wildman–Crippen MR) is 102 cm³/mol. The summed E-state index contributed by atoms with van der Waals surface area (Å²) in [5.41, 5.74) is 1.93. The molecule has 0 fully saturated rings. The zero-order chi connectivity index (χ0) is 19.1. The maximum absolute atomic E-state index is 11.6. The Kier molecular flexibility index (Phi) is 12.5. The molecule has 0 amide bonds. The Morgan fingerprint density at radius 3 is 1.72 bits per heavy atom. The quantitative estimate of drug-likeness (QED) is 0.704. The van der Waals surface area contributed by atoms with Crippen molar-refractivity contribution in [2.24, 2.45) is 0 Å². The van der Waals surface area contributed by atoms with Crippen LogP contribution < -0.4 is 0 Å².